The molecule has 5 aromatic rings. The van der Waals surface area contributed by atoms with E-state index in [0.717, 1.165) is 24.0 Å². The van der Waals surface area contributed by atoms with E-state index in [2.05, 4.69) is 25.3 Å². The van der Waals surface area contributed by atoms with E-state index in [1.54, 1.807) is 30.5 Å². The Morgan fingerprint density at radius 3 is 2.37 bits per heavy atom. The normalized spacial score (nSPS) is 12.0. The maximum absolute atomic E-state index is 13.1. The summed E-state index contributed by atoms with van der Waals surface area (Å²) in [5.41, 5.74) is 1.93. The molecule has 0 saturated heterocycles. The first-order chi connectivity index (χ1) is 18.1. The number of aromatic nitrogens is 4. The van der Waals surface area contributed by atoms with Crippen LogP contribution < -0.4 is 10.5 Å². The molecule has 0 bridgehead atoms. The summed E-state index contributed by atoms with van der Waals surface area (Å²) in [6.07, 6.45) is -0.260. The maximum atomic E-state index is 13.1. The van der Waals surface area contributed by atoms with Crippen LogP contribution in [0, 0.1) is 0 Å². The highest BCUT2D eigenvalue weighted by atomic mass is 32.2. The molecular weight excluding hydrogens is 517 g/mol. The van der Waals surface area contributed by atoms with Crippen molar-refractivity contribution in [2.45, 2.75) is 17.6 Å². The van der Waals surface area contributed by atoms with Crippen LogP contribution in [0.1, 0.15) is 11.3 Å². The van der Waals surface area contributed by atoms with Crippen LogP contribution in [-0.4, -0.2) is 28.4 Å². The van der Waals surface area contributed by atoms with Crippen LogP contribution >= 0.6 is 0 Å². The second kappa shape index (κ2) is 9.80. The number of primary sulfonamides is 1. The van der Waals surface area contributed by atoms with E-state index in [4.69, 9.17) is 5.14 Å². The standard InChI is InChI=1S/C26H19F3N6O2S/c27-26(28,29)18-9-7-16(8-10-18)21-5-3-6-22-23(21)25(33-14-19-4-1-2-11-32-19)35-24(34-22)17-12-20(15-31-13-17)38(30,36)37/h1-13,15H,14H2,(H2,30,36,37)(H,33,34,35). The minimum Gasteiger partial charge on any atom is -0.364 e. The Kier molecular flexibility index (Phi) is 6.51. The average Bonchev–Trinajstić information content (AvgIpc) is 2.91. The summed E-state index contributed by atoms with van der Waals surface area (Å²) in [7, 11) is -4.01. The number of pyridine rings is 2. The van der Waals surface area contributed by atoms with Crippen LogP contribution in [0.3, 0.4) is 0 Å². The Morgan fingerprint density at radius 2 is 1.68 bits per heavy atom. The number of halogens is 3. The SMILES string of the molecule is NS(=O)(=O)c1cncc(-c2nc(NCc3ccccn3)c3c(-c4ccc(C(F)(F)F)cc4)cccc3n2)c1. The molecule has 192 valence electrons. The van der Waals surface area contributed by atoms with Gasteiger partial charge < -0.3 is 5.32 Å². The number of hydrogen-bond acceptors (Lipinski definition) is 7. The molecule has 0 amide bonds. The van der Waals surface area contributed by atoms with Gasteiger partial charge in [-0.2, -0.15) is 13.2 Å². The molecule has 0 aliphatic rings. The highest BCUT2D eigenvalue weighted by Crippen LogP contribution is 2.36. The zero-order valence-electron chi connectivity index (χ0n) is 19.5. The highest BCUT2D eigenvalue weighted by Gasteiger charge is 2.30. The molecule has 8 nitrogen and oxygen atoms in total. The monoisotopic (exact) mass is 536 g/mol. The predicted octanol–water partition coefficient (Wildman–Crippen LogP) is 5.03. The number of sulfonamides is 1. The van der Waals surface area contributed by atoms with Gasteiger partial charge in [-0.05, 0) is 47.5 Å². The molecule has 38 heavy (non-hydrogen) atoms. The van der Waals surface area contributed by atoms with Gasteiger partial charge in [0.25, 0.3) is 0 Å². The van der Waals surface area contributed by atoms with Crippen molar-refractivity contribution in [2.24, 2.45) is 5.14 Å². The van der Waals surface area contributed by atoms with Crippen molar-refractivity contribution >= 4 is 26.7 Å². The molecule has 2 aromatic carbocycles. The molecule has 0 aliphatic heterocycles. The molecule has 3 aromatic heterocycles. The lowest BCUT2D eigenvalue weighted by Crippen LogP contribution is -2.12. The van der Waals surface area contributed by atoms with Crippen molar-refractivity contribution in [2.75, 3.05) is 5.32 Å². The van der Waals surface area contributed by atoms with E-state index in [0.29, 0.717) is 40.0 Å². The first kappa shape index (κ1) is 25.2. The Balaban J connectivity index is 1.67. The van der Waals surface area contributed by atoms with E-state index >= 15 is 0 Å². The number of nitrogens with one attached hydrogen (secondary N) is 1. The maximum Gasteiger partial charge on any atom is 0.416 e. The van der Waals surface area contributed by atoms with Gasteiger partial charge in [-0.25, -0.2) is 23.5 Å². The van der Waals surface area contributed by atoms with Crippen LogP contribution in [0.4, 0.5) is 19.0 Å². The lowest BCUT2D eigenvalue weighted by Gasteiger charge is -2.15. The molecule has 0 atom stereocenters. The molecule has 0 radical (unpaired) electrons. The van der Waals surface area contributed by atoms with Gasteiger partial charge in [-0.15, -0.1) is 0 Å². The summed E-state index contributed by atoms with van der Waals surface area (Å²) in [6, 6.07) is 16.8. The van der Waals surface area contributed by atoms with E-state index in [9.17, 15) is 21.6 Å². The van der Waals surface area contributed by atoms with Gasteiger partial charge in [0.15, 0.2) is 5.82 Å². The third-order valence-corrected chi connectivity index (χ3v) is 6.59. The van der Waals surface area contributed by atoms with Gasteiger partial charge in [0, 0.05) is 24.2 Å². The quantitative estimate of drug-likeness (QED) is 0.312. The molecule has 12 heteroatoms. The summed E-state index contributed by atoms with van der Waals surface area (Å²) in [5.74, 6) is 0.566. The summed E-state index contributed by atoms with van der Waals surface area (Å²) < 4.78 is 63.1. The molecule has 0 aliphatic carbocycles. The number of fused-ring (bicyclic) bond motifs is 1. The number of rotatable bonds is 6. The van der Waals surface area contributed by atoms with Gasteiger partial charge in [-0.1, -0.05) is 30.3 Å². The van der Waals surface area contributed by atoms with Crippen molar-refractivity contribution in [3.8, 4) is 22.5 Å². The zero-order chi connectivity index (χ0) is 26.9. The number of anilines is 1. The molecule has 3 heterocycles. The minimum atomic E-state index is -4.45. The summed E-state index contributed by atoms with van der Waals surface area (Å²) in [6.45, 7) is 0.295. The topological polar surface area (TPSA) is 124 Å². The molecule has 3 N–H and O–H groups in total. The highest BCUT2D eigenvalue weighted by molar-refractivity contribution is 7.89. The third kappa shape index (κ3) is 5.31. The van der Waals surface area contributed by atoms with Gasteiger partial charge in [-0.3, -0.25) is 9.97 Å². The van der Waals surface area contributed by atoms with Crippen molar-refractivity contribution in [3.63, 3.8) is 0 Å². The van der Waals surface area contributed by atoms with Crippen molar-refractivity contribution in [1.29, 1.82) is 0 Å². The summed E-state index contributed by atoms with van der Waals surface area (Å²) in [4.78, 5) is 17.3. The average molecular weight is 537 g/mol. The first-order valence-corrected chi connectivity index (χ1v) is 12.7. The Labute approximate surface area is 215 Å². The fourth-order valence-electron chi connectivity index (χ4n) is 3.89. The second-order valence-corrected chi connectivity index (χ2v) is 9.86. The van der Waals surface area contributed by atoms with Gasteiger partial charge >= 0.3 is 6.18 Å². The van der Waals surface area contributed by atoms with E-state index in [1.165, 1.54) is 24.4 Å². The lowest BCUT2D eigenvalue weighted by molar-refractivity contribution is -0.137. The van der Waals surface area contributed by atoms with Crippen molar-refractivity contribution in [1.82, 2.24) is 19.9 Å². The summed E-state index contributed by atoms with van der Waals surface area (Å²) in [5, 5.41) is 9.08. The first-order valence-electron chi connectivity index (χ1n) is 11.2. The van der Waals surface area contributed by atoms with Crippen LogP contribution in [0.25, 0.3) is 33.4 Å². The fraction of sp³-hybridized carbons (Fsp3) is 0.0769. The second-order valence-electron chi connectivity index (χ2n) is 8.30. The number of alkyl halides is 3. The molecular formula is C26H19F3N6O2S. The molecule has 5 rings (SSSR count). The van der Waals surface area contributed by atoms with Crippen molar-refractivity contribution < 1.29 is 21.6 Å². The Hall–Kier alpha value is -4.42. The molecule has 0 fully saturated rings. The number of nitrogens with two attached hydrogens (primary N) is 1. The minimum absolute atomic E-state index is 0.184. The Bertz CT molecular complexity index is 1730. The fourth-order valence-corrected chi connectivity index (χ4v) is 4.39. The van der Waals surface area contributed by atoms with Crippen LogP contribution in [-0.2, 0) is 22.7 Å². The molecule has 0 spiro atoms. The molecule has 0 unspecified atom stereocenters. The predicted molar refractivity (Wildman–Crippen MR) is 136 cm³/mol. The zero-order valence-corrected chi connectivity index (χ0v) is 20.3. The third-order valence-electron chi connectivity index (χ3n) is 5.71. The number of benzene rings is 2. The summed E-state index contributed by atoms with van der Waals surface area (Å²) >= 11 is 0. The van der Waals surface area contributed by atoms with Crippen LogP contribution in [0.15, 0.2) is 90.2 Å². The molecule has 0 saturated carbocycles. The largest absolute Gasteiger partial charge is 0.416 e. The number of nitrogens with zero attached hydrogens (tertiary/aromatic N) is 4. The van der Waals surface area contributed by atoms with E-state index in [1.807, 2.05) is 12.1 Å². The van der Waals surface area contributed by atoms with Crippen molar-refractivity contribution in [3.05, 3.63) is 96.6 Å². The van der Waals surface area contributed by atoms with Gasteiger partial charge in [0.1, 0.15) is 10.7 Å². The van der Waals surface area contributed by atoms with Crippen LogP contribution in [0.2, 0.25) is 0 Å². The van der Waals surface area contributed by atoms with Crippen LogP contribution in [0.5, 0.6) is 0 Å². The van der Waals surface area contributed by atoms with E-state index < -0.39 is 21.8 Å². The van der Waals surface area contributed by atoms with E-state index in [-0.39, 0.29) is 10.7 Å². The van der Waals surface area contributed by atoms with Gasteiger partial charge in [0.05, 0.1) is 28.7 Å². The smallest absolute Gasteiger partial charge is 0.364 e. The van der Waals surface area contributed by atoms with Gasteiger partial charge in [0.2, 0.25) is 10.0 Å². The Morgan fingerprint density at radius 1 is 0.895 bits per heavy atom. The number of hydrogen-bond donors (Lipinski definition) is 2. The lowest BCUT2D eigenvalue weighted by atomic mass is 9.99.